The third-order valence-corrected chi connectivity index (χ3v) is 7.88. The molecule has 0 bridgehead atoms. The molecule has 0 saturated heterocycles. The maximum Gasteiger partial charge on any atom is 0.416 e. The topological polar surface area (TPSA) is 79.2 Å². The molecule has 0 aliphatic heterocycles. The second-order valence-corrected chi connectivity index (χ2v) is 11.8. The molecular formula is C32H33Cl2F6NO5. The number of aliphatic hydroxyl groups is 1. The van der Waals surface area contributed by atoms with Gasteiger partial charge in [0.05, 0.1) is 36.0 Å². The van der Waals surface area contributed by atoms with E-state index < -0.39 is 47.2 Å². The van der Waals surface area contributed by atoms with Crippen LogP contribution in [0.15, 0.2) is 48.5 Å². The van der Waals surface area contributed by atoms with Gasteiger partial charge >= 0.3 is 18.3 Å². The van der Waals surface area contributed by atoms with Crippen molar-refractivity contribution in [3.05, 3.63) is 80.8 Å². The van der Waals surface area contributed by atoms with Crippen molar-refractivity contribution >= 4 is 29.2 Å². The van der Waals surface area contributed by atoms with Gasteiger partial charge in [-0.1, -0.05) is 29.3 Å². The second kappa shape index (κ2) is 15.1. The van der Waals surface area contributed by atoms with Gasteiger partial charge in [-0.25, -0.2) is 0 Å². The number of carboxylic acids is 1. The predicted octanol–water partition coefficient (Wildman–Crippen LogP) is 9.28. The first-order valence-electron chi connectivity index (χ1n) is 14.1. The summed E-state index contributed by atoms with van der Waals surface area (Å²) in [5, 5.41) is 20.7. The van der Waals surface area contributed by atoms with Gasteiger partial charge in [0, 0.05) is 41.7 Å². The standard InChI is InChI=1S/C32H33Cl2F6NO5/c1-17(2)41(18(3)30(44)19-10-21(31(35,36)37)13-22(11-19)32(38,39)40)16-20-12-23(33)7-8-24(20)25-14-28(26(34)15-27(25)45-4)46-9-5-6-29(42)43/h7-8,10-15,17-18,30,44H,5-6,9,16H2,1-4H3,(H,42,43)/t18-,30-/m0/s1. The van der Waals surface area contributed by atoms with E-state index in [0.717, 1.165) is 0 Å². The number of rotatable bonds is 13. The number of benzene rings is 3. The largest absolute Gasteiger partial charge is 0.496 e. The molecular weight excluding hydrogens is 663 g/mol. The fourth-order valence-electron chi connectivity index (χ4n) is 4.99. The number of hydrogen-bond acceptors (Lipinski definition) is 5. The maximum absolute atomic E-state index is 13.5. The molecule has 0 amide bonds. The van der Waals surface area contributed by atoms with Crippen molar-refractivity contribution in [3.8, 4) is 22.6 Å². The van der Waals surface area contributed by atoms with E-state index in [1.165, 1.54) is 20.1 Å². The summed E-state index contributed by atoms with van der Waals surface area (Å²) in [6, 6.07) is 7.89. The average Bonchev–Trinajstić information content (AvgIpc) is 2.96. The summed E-state index contributed by atoms with van der Waals surface area (Å²) >= 11 is 12.8. The van der Waals surface area contributed by atoms with Crippen molar-refractivity contribution < 1.29 is 50.8 Å². The Kier molecular flexibility index (Phi) is 12.3. The minimum atomic E-state index is -5.07. The van der Waals surface area contributed by atoms with E-state index in [1.807, 2.05) is 0 Å². The molecule has 0 aromatic heterocycles. The van der Waals surface area contributed by atoms with Gasteiger partial charge in [-0.2, -0.15) is 26.3 Å². The van der Waals surface area contributed by atoms with E-state index >= 15 is 0 Å². The Morgan fingerprint density at radius 3 is 2.02 bits per heavy atom. The van der Waals surface area contributed by atoms with Crippen LogP contribution in [0.25, 0.3) is 11.1 Å². The van der Waals surface area contributed by atoms with Gasteiger partial charge in [-0.3, -0.25) is 9.69 Å². The number of ether oxygens (including phenoxy) is 2. The Hall–Kier alpha value is -3.19. The van der Waals surface area contributed by atoms with Crippen molar-refractivity contribution in [2.24, 2.45) is 0 Å². The minimum absolute atomic E-state index is 0.0168. The van der Waals surface area contributed by atoms with E-state index in [1.54, 1.807) is 43.0 Å². The molecule has 46 heavy (non-hydrogen) atoms. The third-order valence-electron chi connectivity index (χ3n) is 7.35. The molecule has 6 nitrogen and oxygen atoms in total. The van der Waals surface area contributed by atoms with Gasteiger partial charge in [0.15, 0.2) is 0 Å². The molecule has 0 aliphatic rings. The summed E-state index contributed by atoms with van der Waals surface area (Å²) in [6.07, 6.45) is -11.7. The van der Waals surface area contributed by atoms with Crippen LogP contribution in [0.1, 0.15) is 62.0 Å². The van der Waals surface area contributed by atoms with Crippen LogP contribution in [0, 0.1) is 0 Å². The van der Waals surface area contributed by atoms with E-state index in [0.29, 0.717) is 39.6 Å². The van der Waals surface area contributed by atoms with Gasteiger partial charge in [0.1, 0.15) is 11.5 Å². The Bertz CT molecular complexity index is 1500. The number of nitrogens with zero attached hydrogens (tertiary/aromatic N) is 1. The van der Waals surface area contributed by atoms with Gasteiger partial charge in [-0.15, -0.1) is 0 Å². The van der Waals surface area contributed by atoms with Crippen LogP contribution in [-0.4, -0.2) is 46.9 Å². The Morgan fingerprint density at radius 1 is 0.891 bits per heavy atom. The van der Waals surface area contributed by atoms with E-state index in [4.69, 9.17) is 37.8 Å². The van der Waals surface area contributed by atoms with Crippen molar-refractivity contribution in [3.63, 3.8) is 0 Å². The minimum Gasteiger partial charge on any atom is -0.496 e. The molecule has 252 valence electrons. The molecule has 0 aliphatic carbocycles. The number of halogens is 8. The highest BCUT2D eigenvalue weighted by Gasteiger charge is 2.38. The molecule has 14 heteroatoms. The average molecular weight is 697 g/mol. The first-order chi connectivity index (χ1) is 21.3. The van der Waals surface area contributed by atoms with Gasteiger partial charge in [0.2, 0.25) is 0 Å². The van der Waals surface area contributed by atoms with Crippen molar-refractivity contribution in [2.45, 2.75) is 70.7 Å². The summed E-state index contributed by atoms with van der Waals surface area (Å²) in [7, 11) is 1.43. The number of carboxylic acid groups (broad SMARTS) is 1. The first-order valence-corrected chi connectivity index (χ1v) is 14.8. The number of methoxy groups -OCH3 is 1. The predicted molar refractivity (Wildman–Crippen MR) is 162 cm³/mol. The smallest absolute Gasteiger partial charge is 0.416 e. The highest BCUT2D eigenvalue weighted by molar-refractivity contribution is 6.32. The summed E-state index contributed by atoms with van der Waals surface area (Å²) in [5.41, 5.74) is -1.86. The quantitative estimate of drug-likeness (QED) is 0.137. The second-order valence-electron chi connectivity index (χ2n) is 10.9. The van der Waals surface area contributed by atoms with Crippen LogP contribution in [0.3, 0.4) is 0 Å². The molecule has 2 atom stereocenters. The van der Waals surface area contributed by atoms with Crippen LogP contribution >= 0.6 is 23.2 Å². The van der Waals surface area contributed by atoms with Gasteiger partial charge < -0.3 is 19.7 Å². The number of aliphatic hydroxyl groups excluding tert-OH is 1. The zero-order valence-electron chi connectivity index (χ0n) is 25.3. The van der Waals surface area contributed by atoms with Crippen LogP contribution in [0.4, 0.5) is 26.3 Å². The third kappa shape index (κ3) is 9.43. The fourth-order valence-corrected chi connectivity index (χ4v) is 5.39. The summed E-state index contributed by atoms with van der Waals surface area (Å²) in [6.45, 7) is 5.19. The lowest BCUT2D eigenvalue weighted by atomic mass is 9.94. The molecule has 0 unspecified atom stereocenters. The molecule has 2 N–H and O–H groups in total. The number of hydrogen-bond donors (Lipinski definition) is 2. The molecule has 0 radical (unpaired) electrons. The zero-order valence-corrected chi connectivity index (χ0v) is 26.8. The lowest BCUT2D eigenvalue weighted by Gasteiger charge is -2.36. The first kappa shape index (κ1) is 37.3. The molecule has 3 aromatic rings. The number of alkyl halides is 6. The number of aliphatic carboxylic acids is 1. The normalized spacial score (nSPS) is 13.6. The number of carbonyl (C=O) groups is 1. The Morgan fingerprint density at radius 2 is 1.50 bits per heavy atom. The molecule has 0 spiro atoms. The summed E-state index contributed by atoms with van der Waals surface area (Å²) in [5.74, 6) is -0.351. The van der Waals surface area contributed by atoms with Crippen LogP contribution in [-0.2, 0) is 23.7 Å². The van der Waals surface area contributed by atoms with Crippen molar-refractivity contribution in [2.75, 3.05) is 13.7 Å². The monoisotopic (exact) mass is 695 g/mol. The Balaban J connectivity index is 2.04. The Labute approximate surface area is 272 Å². The summed E-state index contributed by atoms with van der Waals surface area (Å²) in [4.78, 5) is 12.6. The van der Waals surface area contributed by atoms with Crippen LogP contribution in [0.2, 0.25) is 10.0 Å². The molecule has 3 rings (SSSR count). The van der Waals surface area contributed by atoms with Gasteiger partial charge in [-0.05, 0) is 80.3 Å². The zero-order chi connectivity index (χ0) is 34.6. The highest BCUT2D eigenvalue weighted by Crippen LogP contribution is 2.42. The lowest BCUT2D eigenvalue weighted by Crippen LogP contribution is -2.42. The van der Waals surface area contributed by atoms with E-state index in [-0.39, 0.29) is 48.9 Å². The van der Waals surface area contributed by atoms with Crippen molar-refractivity contribution in [1.29, 1.82) is 0 Å². The van der Waals surface area contributed by atoms with Gasteiger partial charge in [0.25, 0.3) is 0 Å². The highest BCUT2D eigenvalue weighted by atomic mass is 35.5. The van der Waals surface area contributed by atoms with E-state index in [9.17, 15) is 36.2 Å². The van der Waals surface area contributed by atoms with Crippen molar-refractivity contribution in [1.82, 2.24) is 4.90 Å². The van der Waals surface area contributed by atoms with E-state index in [2.05, 4.69) is 0 Å². The maximum atomic E-state index is 13.5. The lowest BCUT2D eigenvalue weighted by molar-refractivity contribution is -0.143. The SMILES string of the molecule is COc1cc(Cl)c(OCCCC(=O)O)cc1-c1ccc(Cl)cc1CN(C(C)C)[C@@H](C)[C@H](O)c1cc(C(F)(F)F)cc(C(F)(F)F)c1. The molecule has 0 fully saturated rings. The van der Waals surface area contributed by atoms with Crippen LogP contribution < -0.4 is 9.47 Å². The molecule has 3 aromatic carbocycles. The molecule has 0 saturated carbocycles. The molecule has 0 heterocycles. The van der Waals surface area contributed by atoms with Crippen LogP contribution in [0.5, 0.6) is 11.5 Å². The summed E-state index contributed by atoms with van der Waals surface area (Å²) < 4.78 is 92.5. The fraction of sp³-hybridized carbons (Fsp3) is 0.406.